The monoisotopic (exact) mass is 316 g/mol. The molecule has 1 N–H and O–H groups in total. The summed E-state index contributed by atoms with van der Waals surface area (Å²) in [6, 6.07) is 8.96. The molecule has 2 amide bonds. The third kappa shape index (κ3) is 5.55. The average Bonchev–Trinajstić information content (AvgIpc) is 2.81. The van der Waals surface area contributed by atoms with Gasteiger partial charge in [0.25, 0.3) is 0 Å². The number of methoxy groups -OCH3 is 1. The number of urea groups is 1. The van der Waals surface area contributed by atoms with Crippen molar-refractivity contribution < 1.29 is 9.53 Å². The van der Waals surface area contributed by atoms with Crippen molar-refractivity contribution in [2.24, 2.45) is 0 Å². The number of nitrogens with zero attached hydrogens (tertiary/aromatic N) is 3. The van der Waals surface area contributed by atoms with Crippen LogP contribution in [0.15, 0.2) is 24.3 Å². The molecule has 6 heteroatoms. The Bertz CT molecular complexity index is 556. The number of amides is 2. The normalized spacial score (nSPS) is 15.7. The number of hydrogen-bond donors (Lipinski definition) is 1. The number of ether oxygens (including phenoxy) is 1. The van der Waals surface area contributed by atoms with Crippen LogP contribution in [0.2, 0.25) is 0 Å². The van der Waals surface area contributed by atoms with Crippen LogP contribution in [0.4, 0.5) is 10.5 Å². The molecule has 1 aromatic rings. The fraction of sp³-hybridized carbons (Fsp3) is 0.529. The summed E-state index contributed by atoms with van der Waals surface area (Å²) in [4.78, 5) is 16.6. The van der Waals surface area contributed by atoms with Gasteiger partial charge in [-0.3, -0.25) is 0 Å². The van der Waals surface area contributed by atoms with Crippen molar-refractivity contribution >= 4 is 11.7 Å². The summed E-state index contributed by atoms with van der Waals surface area (Å²) in [5.74, 6) is 0. The van der Waals surface area contributed by atoms with Gasteiger partial charge >= 0.3 is 6.03 Å². The minimum absolute atomic E-state index is 0.0983. The van der Waals surface area contributed by atoms with Gasteiger partial charge in [-0.05, 0) is 37.6 Å². The van der Waals surface area contributed by atoms with Crippen LogP contribution < -0.4 is 5.32 Å². The second kappa shape index (κ2) is 9.13. The van der Waals surface area contributed by atoms with Crippen LogP contribution >= 0.6 is 0 Å². The Morgan fingerprint density at radius 2 is 2.22 bits per heavy atom. The minimum Gasteiger partial charge on any atom is -0.385 e. The summed E-state index contributed by atoms with van der Waals surface area (Å²) < 4.78 is 5.08. The van der Waals surface area contributed by atoms with Gasteiger partial charge in [-0.1, -0.05) is 6.07 Å². The maximum atomic E-state index is 12.4. The van der Waals surface area contributed by atoms with E-state index in [0.717, 1.165) is 52.2 Å². The Hall–Kier alpha value is -2.10. The number of carbonyl (C=O) groups excluding carboxylic acids is 1. The van der Waals surface area contributed by atoms with Crippen molar-refractivity contribution in [3.63, 3.8) is 0 Å². The molecule has 1 aliphatic rings. The van der Waals surface area contributed by atoms with E-state index in [1.807, 2.05) is 4.90 Å². The molecule has 0 unspecified atom stereocenters. The van der Waals surface area contributed by atoms with E-state index in [1.54, 1.807) is 31.4 Å². The first-order chi connectivity index (χ1) is 11.2. The van der Waals surface area contributed by atoms with Gasteiger partial charge in [0.15, 0.2) is 0 Å². The molecule has 0 aromatic heterocycles. The number of carbonyl (C=O) groups is 1. The Balaban J connectivity index is 1.84. The van der Waals surface area contributed by atoms with Gasteiger partial charge in [-0.2, -0.15) is 5.26 Å². The van der Waals surface area contributed by atoms with Gasteiger partial charge in [0, 0.05) is 45.6 Å². The summed E-state index contributed by atoms with van der Waals surface area (Å²) in [6.07, 6.45) is 1.99. The molecule has 0 saturated carbocycles. The number of nitriles is 1. The second-order valence-electron chi connectivity index (χ2n) is 5.65. The molecule has 1 heterocycles. The predicted molar refractivity (Wildman–Crippen MR) is 89.3 cm³/mol. The molecule has 0 spiro atoms. The molecule has 6 nitrogen and oxygen atoms in total. The first kappa shape index (κ1) is 17.3. The zero-order valence-electron chi connectivity index (χ0n) is 13.6. The lowest BCUT2D eigenvalue weighted by atomic mass is 10.2. The summed E-state index contributed by atoms with van der Waals surface area (Å²) >= 11 is 0. The van der Waals surface area contributed by atoms with Crippen LogP contribution in [0.1, 0.15) is 18.4 Å². The topological polar surface area (TPSA) is 68.6 Å². The number of nitrogens with one attached hydrogen (secondary N) is 1. The Kier molecular flexibility index (Phi) is 6.85. The summed E-state index contributed by atoms with van der Waals surface area (Å²) in [5, 5.41) is 11.8. The van der Waals surface area contributed by atoms with E-state index < -0.39 is 0 Å². The highest BCUT2D eigenvalue weighted by atomic mass is 16.5. The van der Waals surface area contributed by atoms with Gasteiger partial charge in [-0.25, -0.2) is 4.79 Å². The third-order valence-electron chi connectivity index (χ3n) is 3.94. The van der Waals surface area contributed by atoms with Crippen molar-refractivity contribution in [1.29, 1.82) is 5.26 Å². The van der Waals surface area contributed by atoms with E-state index in [2.05, 4.69) is 16.3 Å². The van der Waals surface area contributed by atoms with Gasteiger partial charge in [0.05, 0.1) is 11.6 Å². The van der Waals surface area contributed by atoms with Gasteiger partial charge in [-0.15, -0.1) is 0 Å². The van der Waals surface area contributed by atoms with Crippen molar-refractivity contribution in [1.82, 2.24) is 9.80 Å². The lowest BCUT2D eigenvalue weighted by molar-refractivity contribution is 0.172. The number of benzene rings is 1. The molecule has 0 radical (unpaired) electrons. The minimum atomic E-state index is -0.0983. The maximum absolute atomic E-state index is 12.4. The van der Waals surface area contributed by atoms with E-state index >= 15 is 0 Å². The largest absolute Gasteiger partial charge is 0.385 e. The van der Waals surface area contributed by atoms with Crippen molar-refractivity contribution in [3.8, 4) is 6.07 Å². The van der Waals surface area contributed by atoms with Crippen molar-refractivity contribution in [2.45, 2.75) is 12.8 Å². The number of rotatable bonds is 5. The van der Waals surface area contributed by atoms with Crippen LogP contribution in [0.3, 0.4) is 0 Å². The molecule has 1 saturated heterocycles. The van der Waals surface area contributed by atoms with Crippen LogP contribution in [-0.4, -0.2) is 62.3 Å². The molecule has 0 atom stereocenters. The fourth-order valence-corrected chi connectivity index (χ4v) is 2.70. The Labute approximate surface area is 137 Å². The number of anilines is 1. The molecule has 124 valence electrons. The van der Waals surface area contributed by atoms with E-state index in [9.17, 15) is 4.79 Å². The first-order valence-electron chi connectivity index (χ1n) is 8.00. The van der Waals surface area contributed by atoms with Gasteiger partial charge in [0.2, 0.25) is 0 Å². The molecule has 1 aromatic carbocycles. The van der Waals surface area contributed by atoms with Crippen LogP contribution in [0, 0.1) is 11.3 Å². The van der Waals surface area contributed by atoms with E-state index in [-0.39, 0.29) is 6.03 Å². The second-order valence-corrected chi connectivity index (χ2v) is 5.65. The Morgan fingerprint density at radius 3 is 3.00 bits per heavy atom. The highest BCUT2D eigenvalue weighted by Crippen LogP contribution is 2.12. The van der Waals surface area contributed by atoms with Crippen molar-refractivity contribution in [3.05, 3.63) is 29.8 Å². The summed E-state index contributed by atoms with van der Waals surface area (Å²) in [7, 11) is 1.72. The highest BCUT2D eigenvalue weighted by Gasteiger charge is 2.18. The smallest absolute Gasteiger partial charge is 0.321 e. The van der Waals surface area contributed by atoms with E-state index in [4.69, 9.17) is 10.00 Å². The fourth-order valence-electron chi connectivity index (χ4n) is 2.70. The predicted octanol–water partition coefficient (Wildman–Crippen LogP) is 2.13. The standard InChI is InChI=1S/C17H24N4O2/c1-23-12-4-8-20-7-3-9-21(11-10-20)17(22)19-16-6-2-5-15(13-16)14-18/h2,5-6,13H,3-4,7-12H2,1H3,(H,19,22). The van der Waals surface area contributed by atoms with Crippen LogP contribution in [0.25, 0.3) is 0 Å². The van der Waals surface area contributed by atoms with E-state index in [1.165, 1.54) is 0 Å². The SMILES string of the molecule is COCCCN1CCCN(C(=O)Nc2cccc(C#N)c2)CC1. The zero-order valence-corrected chi connectivity index (χ0v) is 13.6. The highest BCUT2D eigenvalue weighted by molar-refractivity contribution is 5.89. The summed E-state index contributed by atoms with van der Waals surface area (Å²) in [5.41, 5.74) is 1.21. The lowest BCUT2D eigenvalue weighted by Gasteiger charge is -2.22. The quantitative estimate of drug-likeness (QED) is 0.845. The van der Waals surface area contributed by atoms with Crippen LogP contribution in [-0.2, 0) is 4.74 Å². The molecule has 0 bridgehead atoms. The molecular weight excluding hydrogens is 292 g/mol. The maximum Gasteiger partial charge on any atom is 0.321 e. The number of hydrogen-bond acceptors (Lipinski definition) is 4. The zero-order chi connectivity index (χ0) is 16.5. The molecule has 2 rings (SSSR count). The average molecular weight is 316 g/mol. The summed E-state index contributed by atoms with van der Waals surface area (Å²) in [6.45, 7) is 5.15. The molecule has 0 aliphatic carbocycles. The van der Waals surface area contributed by atoms with E-state index in [0.29, 0.717) is 11.3 Å². The Morgan fingerprint density at radius 1 is 1.35 bits per heavy atom. The third-order valence-corrected chi connectivity index (χ3v) is 3.94. The van der Waals surface area contributed by atoms with Gasteiger partial charge < -0.3 is 19.9 Å². The van der Waals surface area contributed by atoms with Crippen LogP contribution in [0.5, 0.6) is 0 Å². The van der Waals surface area contributed by atoms with Gasteiger partial charge in [0.1, 0.15) is 0 Å². The molecule has 1 fully saturated rings. The first-order valence-corrected chi connectivity index (χ1v) is 8.00. The van der Waals surface area contributed by atoms with Crippen molar-refractivity contribution in [2.75, 3.05) is 51.8 Å². The molecular formula is C17H24N4O2. The molecule has 23 heavy (non-hydrogen) atoms. The lowest BCUT2D eigenvalue weighted by Crippen LogP contribution is -2.38. The molecule has 1 aliphatic heterocycles.